The molecule has 0 spiro atoms. The van der Waals surface area contributed by atoms with E-state index in [9.17, 15) is 0 Å². The maximum absolute atomic E-state index is 3.99. The van der Waals surface area contributed by atoms with Crippen molar-refractivity contribution in [2.45, 2.75) is 25.7 Å². The van der Waals surface area contributed by atoms with Crippen molar-refractivity contribution >= 4 is 0 Å². The maximum Gasteiger partial charge on any atom is 0.0771 e. The second kappa shape index (κ2) is 1.98. The molecule has 0 aromatic rings. The van der Waals surface area contributed by atoms with Gasteiger partial charge in [-0.25, -0.2) is 0 Å². The Balaban J connectivity index is 2.01. The predicted molar refractivity (Wildman–Crippen MR) is 36.7 cm³/mol. The molecule has 9 heavy (non-hydrogen) atoms. The van der Waals surface area contributed by atoms with Crippen LogP contribution in [0.15, 0.2) is 0 Å². The molecular formula is C8H16N+. The topological polar surface area (TPSA) is 27.6 Å². The summed E-state index contributed by atoms with van der Waals surface area (Å²) in [7, 11) is 0. The smallest absolute Gasteiger partial charge is 0.0771 e. The molecule has 0 heterocycles. The Hall–Kier alpha value is -0.0400. The number of hydrogen-bond donors (Lipinski definition) is 1. The highest BCUT2D eigenvalue weighted by Crippen LogP contribution is 2.47. The lowest BCUT2D eigenvalue weighted by molar-refractivity contribution is -0.381. The van der Waals surface area contributed by atoms with E-state index in [1.165, 1.54) is 25.8 Å². The van der Waals surface area contributed by atoms with Gasteiger partial charge < -0.3 is 5.73 Å². The van der Waals surface area contributed by atoms with Crippen LogP contribution < -0.4 is 5.73 Å². The van der Waals surface area contributed by atoms with Crippen molar-refractivity contribution in [3.8, 4) is 0 Å². The third kappa shape index (κ3) is 0.787. The lowest BCUT2D eigenvalue weighted by atomic mass is 9.89. The van der Waals surface area contributed by atoms with Gasteiger partial charge in [0.15, 0.2) is 0 Å². The van der Waals surface area contributed by atoms with Gasteiger partial charge in [0.1, 0.15) is 0 Å². The fraction of sp³-hybridized carbons (Fsp3) is 1.00. The monoisotopic (exact) mass is 126 g/mol. The molecule has 2 aliphatic rings. The van der Waals surface area contributed by atoms with Crippen molar-refractivity contribution in [1.29, 1.82) is 0 Å². The summed E-state index contributed by atoms with van der Waals surface area (Å²) in [5, 5.41) is 0. The quantitative estimate of drug-likeness (QED) is 0.534. The van der Waals surface area contributed by atoms with Gasteiger partial charge in [0, 0.05) is 5.92 Å². The molecule has 1 nitrogen and oxygen atoms in total. The Bertz CT molecular complexity index is 111. The molecular weight excluding hydrogens is 110 g/mol. The largest absolute Gasteiger partial charge is 0.357 e. The van der Waals surface area contributed by atoms with Crippen LogP contribution in [0.2, 0.25) is 0 Å². The van der Waals surface area contributed by atoms with Crippen LogP contribution in [0.25, 0.3) is 0 Å². The van der Waals surface area contributed by atoms with Gasteiger partial charge in [-0.2, -0.15) is 0 Å². The van der Waals surface area contributed by atoms with Crippen LogP contribution in [-0.4, -0.2) is 6.54 Å². The van der Waals surface area contributed by atoms with Crippen LogP contribution in [0.3, 0.4) is 0 Å². The van der Waals surface area contributed by atoms with E-state index in [0.717, 1.165) is 17.8 Å². The average molecular weight is 126 g/mol. The molecule has 3 N–H and O–H groups in total. The molecule has 2 aliphatic carbocycles. The Morgan fingerprint density at radius 1 is 1.22 bits per heavy atom. The Kier molecular flexibility index (Phi) is 1.26. The molecule has 0 saturated heterocycles. The number of rotatable bonds is 1. The third-order valence-electron chi connectivity index (χ3n) is 3.26. The number of fused-ring (bicyclic) bond motifs is 2. The minimum atomic E-state index is 1.02. The van der Waals surface area contributed by atoms with E-state index in [1.807, 2.05) is 0 Å². The van der Waals surface area contributed by atoms with Gasteiger partial charge in [0.05, 0.1) is 6.54 Å². The molecule has 3 atom stereocenters. The summed E-state index contributed by atoms with van der Waals surface area (Å²) in [6.45, 7) is 1.20. The van der Waals surface area contributed by atoms with Gasteiger partial charge in [-0.05, 0) is 31.1 Å². The van der Waals surface area contributed by atoms with Crippen LogP contribution in [0.1, 0.15) is 25.7 Å². The van der Waals surface area contributed by atoms with Gasteiger partial charge in [-0.15, -0.1) is 0 Å². The highest BCUT2D eigenvalue weighted by molar-refractivity contribution is 4.89. The Labute approximate surface area is 56.6 Å². The van der Waals surface area contributed by atoms with Crippen LogP contribution in [0.4, 0.5) is 0 Å². The SMILES string of the molecule is [NH3+]C[C@H]1C[C@H]2CC[C@@H]1C2. The minimum Gasteiger partial charge on any atom is -0.357 e. The molecule has 0 aromatic carbocycles. The lowest BCUT2D eigenvalue weighted by Gasteiger charge is -2.16. The molecule has 0 aromatic heterocycles. The first-order valence-corrected chi connectivity index (χ1v) is 4.19. The van der Waals surface area contributed by atoms with E-state index >= 15 is 0 Å². The van der Waals surface area contributed by atoms with Crippen LogP contribution in [0, 0.1) is 17.8 Å². The zero-order valence-corrected chi connectivity index (χ0v) is 5.97. The first-order chi connectivity index (χ1) is 4.40. The first-order valence-electron chi connectivity index (χ1n) is 4.19. The second-order valence-electron chi connectivity index (χ2n) is 3.72. The Morgan fingerprint density at radius 3 is 2.44 bits per heavy atom. The van der Waals surface area contributed by atoms with Crippen molar-refractivity contribution < 1.29 is 5.73 Å². The summed E-state index contributed by atoms with van der Waals surface area (Å²) in [6.07, 6.45) is 6.10. The van der Waals surface area contributed by atoms with Gasteiger partial charge in [0.2, 0.25) is 0 Å². The lowest BCUT2D eigenvalue weighted by Crippen LogP contribution is -2.54. The van der Waals surface area contributed by atoms with Gasteiger partial charge in [0.25, 0.3) is 0 Å². The normalized spacial score (nSPS) is 48.3. The van der Waals surface area contributed by atoms with E-state index in [1.54, 1.807) is 6.42 Å². The third-order valence-corrected chi connectivity index (χ3v) is 3.26. The molecule has 0 radical (unpaired) electrons. The van der Waals surface area contributed by atoms with Crippen molar-refractivity contribution in [3.63, 3.8) is 0 Å². The van der Waals surface area contributed by atoms with Gasteiger partial charge >= 0.3 is 0 Å². The maximum atomic E-state index is 3.99. The van der Waals surface area contributed by atoms with Gasteiger partial charge in [-0.1, -0.05) is 6.42 Å². The molecule has 52 valence electrons. The van der Waals surface area contributed by atoms with Crippen molar-refractivity contribution in [1.82, 2.24) is 0 Å². The first kappa shape index (κ1) is 5.72. The standard InChI is InChI=1S/C8H15N/c9-5-8-4-6-1-2-7(8)3-6/h6-8H,1-5,9H2/p+1/t6-,7+,8+/m0/s1. The van der Waals surface area contributed by atoms with E-state index in [0.29, 0.717) is 0 Å². The van der Waals surface area contributed by atoms with E-state index < -0.39 is 0 Å². The number of hydrogen-bond acceptors (Lipinski definition) is 0. The Morgan fingerprint density at radius 2 is 2.11 bits per heavy atom. The molecule has 2 fully saturated rings. The molecule has 2 rings (SSSR count). The fourth-order valence-electron chi connectivity index (χ4n) is 2.73. The second-order valence-corrected chi connectivity index (χ2v) is 3.72. The van der Waals surface area contributed by atoms with Crippen molar-refractivity contribution in [2.75, 3.05) is 6.54 Å². The summed E-state index contributed by atoms with van der Waals surface area (Å²) >= 11 is 0. The number of quaternary nitrogens is 1. The van der Waals surface area contributed by atoms with Crippen LogP contribution in [-0.2, 0) is 0 Å². The summed E-state index contributed by atoms with van der Waals surface area (Å²) in [6, 6.07) is 0. The summed E-state index contributed by atoms with van der Waals surface area (Å²) in [4.78, 5) is 0. The van der Waals surface area contributed by atoms with E-state index in [4.69, 9.17) is 0 Å². The predicted octanol–water partition coefficient (Wildman–Crippen LogP) is 0.664. The fourth-order valence-corrected chi connectivity index (χ4v) is 2.73. The van der Waals surface area contributed by atoms with Crippen molar-refractivity contribution in [3.05, 3.63) is 0 Å². The summed E-state index contributed by atoms with van der Waals surface area (Å²) < 4.78 is 0. The minimum absolute atomic E-state index is 1.02. The molecule has 0 aliphatic heterocycles. The molecule has 0 unspecified atom stereocenters. The molecule has 0 amide bonds. The molecule has 1 heteroatoms. The highest BCUT2D eigenvalue weighted by Gasteiger charge is 2.39. The van der Waals surface area contributed by atoms with Crippen LogP contribution in [0.5, 0.6) is 0 Å². The van der Waals surface area contributed by atoms with Crippen LogP contribution >= 0.6 is 0 Å². The highest BCUT2D eigenvalue weighted by atomic mass is 14.6. The average Bonchev–Trinajstić information content (AvgIpc) is 2.45. The van der Waals surface area contributed by atoms with E-state index in [2.05, 4.69) is 5.73 Å². The zero-order valence-electron chi connectivity index (χ0n) is 5.97. The molecule has 2 bridgehead atoms. The van der Waals surface area contributed by atoms with Gasteiger partial charge in [-0.3, -0.25) is 0 Å². The zero-order chi connectivity index (χ0) is 6.27. The molecule has 2 saturated carbocycles. The van der Waals surface area contributed by atoms with E-state index in [-0.39, 0.29) is 0 Å². The van der Waals surface area contributed by atoms with Crippen molar-refractivity contribution in [2.24, 2.45) is 17.8 Å². The summed E-state index contributed by atoms with van der Waals surface area (Å²) in [5.41, 5.74) is 3.99. The summed E-state index contributed by atoms with van der Waals surface area (Å²) in [5.74, 6) is 3.22.